The molecule has 7 nitrogen and oxygen atoms in total. The van der Waals surface area contributed by atoms with Gasteiger partial charge >= 0.3 is 0 Å². The Morgan fingerprint density at radius 1 is 1.30 bits per heavy atom. The summed E-state index contributed by atoms with van der Waals surface area (Å²) in [6, 6.07) is 5.25. The van der Waals surface area contributed by atoms with Gasteiger partial charge in [0, 0.05) is 22.3 Å². The maximum absolute atomic E-state index is 12.2. The SMILES string of the molecule is Cc1ccc(Cl)cc1NC(=O)Cc1csc(NC(=O)C2C=CC=NC2=O)n1. The summed E-state index contributed by atoms with van der Waals surface area (Å²) >= 11 is 7.13. The summed E-state index contributed by atoms with van der Waals surface area (Å²) in [6.45, 7) is 1.87. The molecule has 1 aliphatic rings. The minimum Gasteiger partial charge on any atom is -0.325 e. The molecule has 0 radical (unpaired) electrons. The van der Waals surface area contributed by atoms with Crippen molar-refractivity contribution in [1.82, 2.24) is 4.98 Å². The molecular weight excluding hydrogens is 388 g/mol. The van der Waals surface area contributed by atoms with Crippen molar-refractivity contribution >= 4 is 57.7 Å². The first-order chi connectivity index (χ1) is 12.9. The number of dihydropyridines is 1. The van der Waals surface area contributed by atoms with Crippen molar-refractivity contribution in [2.45, 2.75) is 13.3 Å². The lowest BCUT2D eigenvalue weighted by Crippen LogP contribution is -2.28. The van der Waals surface area contributed by atoms with E-state index in [9.17, 15) is 14.4 Å². The third-order valence-electron chi connectivity index (χ3n) is 3.74. The van der Waals surface area contributed by atoms with Gasteiger partial charge < -0.3 is 10.6 Å². The van der Waals surface area contributed by atoms with Crippen LogP contribution in [0, 0.1) is 12.8 Å². The number of thiazole rings is 1. The van der Waals surface area contributed by atoms with E-state index in [1.165, 1.54) is 23.6 Å². The fourth-order valence-corrected chi connectivity index (χ4v) is 3.24. The van der Waals surface area contributed by atoms with Crippen LogP contribution in [0.4, 0.5) is 10.8 Å². The van der Waals surface area contributed by atoms with Gasteiger partial charge in [-0.15, -0.1) is 11.3 Å². The number of carbonyl (C=O) groups excluding carboxylic acids is 3. The zero-order valence-electron chi connectivity index (χ0n) is 14.2. The molecule has 1 aromatic carbocycles. The lowest BCUT2D eigenvalue weighted by atomic mass is 10.1. The van der Waals surface area contributed by atoms with E-state index in [2.05, 4.69) is 20.6 Å². The Morgan fingerprint density at radius 2 is 2.11 bits per heavy atom. The van der Waals surface area contributed by atoms with Gasteiger partial charge in [-0.05, 0) is 30.7 Å². The molecule has 0 bridgehead atoms. The third kappa shape index (κ3) is 4.87. The number of hydrogen-bond donors (Lipinski definition) is 2. The molecule has 0 saturated carbocycles. The number of hydrogen-bond acceptors (Lipinski definition) is 5. The lowest BCUT2D eigenvalue weighted by Gasteiger charge is -2.09. The van der Waals surface area contributed by atoms with Gasteiger partial charge in [0.15, 0.2) is 5.13 Å². The topological polar surface area (TPSA) is 101 Å². The fourth-order valence-electron chi connectivity index (χ4n) is 2.36. The summed E-state index contributed by atoms with van der Waals surface area (Å²) in [5.74, 6) is -2.24. The van der Waals surface area contributed by atoms with Crippen LogP contribution in [-0.4, -0.2) is 28.9 Å². The van der Waals surface area contributed by atoms with Crippen LogP contribution >= 0.6 is 22.9 Å². The maximum atomic E-state index is 12.2. The third-order valence-corrected chi connectivity index (χ3v) is 4.78. The number of nitrogens with one attached hydrogen (secondary N) is 2. The van der Waals surface area contributed by atoms with E-state index in [4.69, 9.17) is 11.6 Å². The molecule has 1 atom stereocenters. The van der Waals surface area contributed by atoms with Crippen LogP contribution in [0.3, 0.4) is 0 Å². The van der Waals surface area contributed by atoms with Crippen LogP contribution in [0.1, 0.15) is 11.3 Å². The zero-order chi connectivity index (χ0) is 19.4. The smallest absolute Gasteiger partial charge is 0.262 e. The molecule has 27 heavy (non-hydrogen) atoms. The van der Waals surface area contributed by atoms with Gasteiger partial charge in [-0.25, -0.2) is 9.98 Å². The van der Waals surface area contributed by atoms with Crippen LogP contribution in [0.5, 0.6) is 0 Å². The summed E-state index contributed by atoms with van der Waals surface area (Å²) in [7, 11) is 0. The van der Waals surface area contributed by atoms with E-state index in [1.807, 2.05) is 13.0 Å². The number of aryl methyl sites for hydroxylation is 1. The number of amides is 3. The molecule has 0 spiro atoms. The fraction of sp³-hybridized carbons (Fsp3) is 0.167. The Balaban J connectivity index is 1.59. The van der Waals surface area contributed by atoms with Crippen molar-refractivity contribution in [3.63, 3.8) is 0 Å². The monoisotopic (exact) mass is 402 g/mol. The molecule has 1 aliphatic heterocycles. The highest BCUT2D eigenvalue weighted by molar-refractivity contribution is 7.14. The Bertz CT molecular complexity index is 967. The number of benzene rings is 1. The predicted molar refractivity (Wildman–Crippen MR) is 105 cm³/mol. The Morgan fingerprint density at radius 3 is 2.89 bits per heavy atom. The number of aliphatic imine (C=N–C) groups is 1. The molecule has 1 aromatic heterocycles. The first-order valence-corrected chi connectivity index (χ1v) is 9.24. The minimum absolute atomic E-state index is 0.0465. The molecule has 138 valence electrons. The van der Waals surface area contributed by atoms with Crippen LogP contribution in [-0.2, 0) is 20.8 Å². The van der Waals surface area contributed by atoms with E-state index in [0.29, 0.717) is 21.5 Å². The van der Waals surface area contributed by atoms with Crippen molar-refractivity contribution in [3.8, 4) is 0 Å². The van der Waals surface area contributed by atoms with Gasteiger partial charge in [0.1, 0.15) is 5.92 Å². The number of allylic oxidation sites excluding steroid dienone is 1. The molecule has 0 aliphatic carbocycles. The summed E-state index contributed by atoms with van der Waals surface area (Å²) in [5.41, 5.74) is 2.04. The summed E-state index contributed by atoms with van der Waals surface area (Å²) in [5, 5.41) is 7.89. The Hall–Kier alpha value is -2.84. The minimum atomic E-state index is -0.962. The average Bonchev–Trinajstić information content (AvgIpc) is 3.05. The standard InChI is InChI=1S/C18H15ClN4O3S/c1-10-4-5-11(19)7-14(10)22-15(24)8-12-9-27-18(21-12)23-17(26)13-3-2-6-20-16(13)25/h2-7,9,13H,8H2,1H3,(H,22,24)(H,21,23,26). The zero-order valence-corrected chi connectivity index (χ0v) is 15.8. The summed E-state index contributed by atoms with van der Waals surface area (Å²) < 4.78 is 0. The first kappa shape index (κ1) is 18.9. The number of anilines is 2. The number of nitrogens with zero attached hydrogens (tertiary/aromatic N) is 2. The molecular formula is C18H15ClN4O3S. The lowest BCUT2D eigenvalue weighted by molar-refractivity contribution is -0.128. The van der Waals surface area contributed by atoms with Gasteiger partial charge in [-0.3, -0.25) is 14.4 Å². The Kier molecular flexibility index (Phi) is 5.78. The molecule has 3 amide bonds. The van der Waals surface area contributed by atoms with Gasteiger partial charge in [0.25, 0.3) is 5.91 Å². The highest BCUT2D eigenvalue weighted by atomic mass is 35.5. The first-order valence-electron chi connectivity index (χ1n) is 7.98. The van der Waals surface area contributed by atoms with E-state index in [1.54, 1.807) is 23.6 Å². The quantitative estimate of drug-likeness (QED) is 0.750. The van der Waals surface area contributed by atoms with E-state index < -0.39 is 17.7 Å². The van der Waals surface area contributed by atoms with E-state index in [0.717, 1.165) is 5.56 Å². The van der Waals surface area contributed by atoms with Crippen molar-refractivity contribution in [1.29, 1.82) is 0 Å². The number of rotatable bonds is 5. The second-order valence-corrected chi connectivity index (χ2v) is 7.09. The van der Waals surface area contributed by atoms with Gasteiger partial charge in [-0.1, -0.05) is 23.7 Å². The number of carbonyl (C=O) groups is 3. The molecule has 2 heterocycles. The van der Waals surface area contributed by atoms with Gasteiger partial charge in [-0.2, -0.15) is 0 Å². The molecule has 3 rings (SSSR count). The largest absolute Gasteiger partial charge is 0.325 e. The van der Waals surface area contributed by atoms with E-state index in [-0.39, 0.29) is 12.3 Å². The Labute approximate surface area is 164 Å². The highest BCUT2D eigenvalue weighted by Crippen LogP contribution is 2.21. The van der Waals surface area contributed by atoms with Crippen molar-refractivity contribution < 1.29 is 14.4 Å². The summed E-state index contributed by atoms with van der Waals surface area (Å²) in [6.07, 6.45) is 4.40. The molecule has 9 heteroatoms. The van der Waals surface area contributed by atoms with Gasteiger partial charge in [0.2, 0.25) is 11.8 Å². The molecule has 0 saturated heterocycles. The van der Waals surface area contributed by atoms with Crippen LogP contribution < -0.4 is 10.6 Å². The van der Waals surface area contributed by atoms with Gasteiger partial charge in [0.05, 0.1) is 12.1 Å². The van der Waals surface area contributed by atoms with E-state index >= 15 is 0 Å². The molecule has 2 aromatic rings. The van der Waals surface area contributed by atoms with Crippen LogP contribution in [0.25, 0.3) is 0 Å². The van der Waals surface area contributed by atoms with Crippen LogP contribution in [0.2, 0.25) is 5.02 Å². The molecule has 1 unspecified atom stereocenters. The average molecular weight is 403 g/mol. The second-order valence-electron chi connectivity index (χ2n) is 5.80. The van der Waals surface area contributed by atoms with Crippen molar-refractivity contribution in [3.05, 3.63) is 52.0 Å². The van der Waals surface area contributed by atoms with Crippen LogP contribution in [0.15, 0.2) is 40.7 Å². The normalized spacial score (nSPS) is 15.6. The van der Waals surface area contributed by atoms with Crippen molar-refractivity contribution in [2.75, 3.05) is 10.6 Å². The maximum Gasteiger partial charge on any atom is 0.262 e. The number of aromatic nitrogens is 1. The number of halogens is 1. The highest BCUT2D eigenvalue weighted by Gasteiger charge is 2.25. The second kappa shape index (κ2) is 8.24. The molecule has 2 N–H and O–H groups in total. The predicted octanol–water partition coefficient (Wildman–Crippen LogP) is 3.01. The summed E-state index contributed by atoms with van der Waals surface area (Å²) in [4.78, 5) is 43.8. The molecule has 0 fully saturated rings. The van der Waals surface area contributed by atoms with Crippen molar-refractivity contribution in [2.24, 2.45) is 10.9 Å².